The highest BCUT2D eigenvalue weighted by Gasteiger charge is 2.36. The van der Waals surface area contributed by atoms with Crippen LogP contribution in [-0.2, 0) is 29.0 Å². The van der Waals surface area contributed by atoms with Crippen LogP contribution in [0.1, 0.15) is 74.9 Å². The van der Waals surface area contributed by atoms with Gasteiger partial charge in [-0.1, -0.05) is 12.1 Å². The smallest absolute Gasteiger partial charge is 0.410 e. The molecule has 11 heteroatoms. The molecule has 2 atom stereocenters. The number of aromatic nitrogens is 2. The Hall–Kier alpha value is -3.21. The highest BCUT2D eigenvalue weighted by atomic mass is 19.3. The Morgan fingerprint density at radius 3 is 2.49 bits per heavy atom. The number of nitrogens with one attached hydrogen (secondary N) is 1. The first-order chi connectivity index (χ1) is 17.4. The van der Waals surface area contributed by atoms with E-state index in [-0.39, 0.29) is 31.0 Å². The molecule has 1 amide bonds. The van der Waals surface area contributed by atoms with Gasteiger partial charge in [0.05, 0.1) is 25.4 Å². The van der Waals surface area contributed by atoms with E-state index in [0.717, 1.165) is 11.3 Å². The van der Waals surface area contributed by atoms with E-state index in [2.05, 4.69) is 10.1 Å². The van der Waals surface area contributed by atoms with Crippen LogP contribution in [0.3, 0.4) is 0 Å². The van der Waals surface area contributed by atoms with E-state index in [1.54, 1.807) is 28.6 Å². The number of ether oxygens (including phenoxy) is 3. The topological polar surface area (TPSA) is 94.9 Å². The minimum absolute atomic E-state index is 0.0838. The van der Waals surface area contributed by atoms with E-state index in [9.17, 15) is 18.4 Å². The summed E-state index contributed by atoms with van der Waals surface area (Å²) >= 11 is 0. The van der Waals surface area contributed by atoms with Gasteiger partial charge >= 0.3 is 18.7 Å². The Bertz CT molecular complexity index is 1080. The molecule has 0 fully saturated rings. The molecule has 1 aliphatic rings. The van der Waals surface area contributed by atoms with E-state index < -0.39 is 24.3 Å². The van der Waals surface area contributed by atoms with Crippen molar-refractivity contribution in [3.63, 3.8) is 0 Å². The van der Waals surface area contributed by atoms with Crippen molar-refractivity contribution < 1.29 is 32.6 Å². The maximum Gasteiger partial charge on any atom is 0.410 e. The third-order valence-electron chi connectivity index (χ3n) is 5.96. The van der Waals surface area contributed by atoms with Gasteiger partial charge in [-0.05, 0) is 59.2 Å². The summed E-state index contributed by atoms with van der Waals surface area (Å²) in [5, 5.41) is 8.05. The van der Waals surface area contributed by atoms with Crippen LogP contribution in [0.2, 0.25) is 0 Å². The molecule has 37 heavy (non-hydrogen) atoms. The van der Waals surface area contributed by atoms with Crippen molar-refractivity contribution in [2.45, 2.75) is 85.3 Å². The van der Waals surface area contributed by atoms with Crippen molar-refractivity contribution in [1.82, 2.24) is 20.0 Å². The average Bonchev–Trinajstić information content (AvgIpc) is 3.14. The summed E-state index contributed by atoms with van der Waals surface area (Å²) < 4.78 is 41.7. The quantitative estimate of drug-likeness (QED) is 0.477. The number of carbonyl (C=O) groups excluding carboxylic acids is 2. The summed E-state index contributed by atoms with van der Waals surface area (Å²) in [6.45, 7) is 9.47. The monoisotopic (exact) mass is 522 g/mol. The first-order valence-corrected chi connectivity index (χ1v) is 12.4. The standard InChI is InChI=1S/C26H36F2N4O5/c1-7-35-23(33)22-20-15-31(25(34)37-26(4,5)6)16(2)14-21(20)30-32(22)13-12-29-17(3)18-8-10-19(11-9-18)36-24(27)28/h8-11,16-17,24,29H,7,12-15H2,1-6H3/t16-,17?/m1/s1. The van der Waals surface area contributed by atoms with Crippen LogP contribution < -0.4 is 10.1 Å². The second-order valence-electron chi connectivity index (χ2n) is 10.0. The van der Waals surface area contributed by atoms with Gasteiger partial charge in [-0.3, -0.25) is 4.68 Å². The lowest BCUT2D eigenvalue weighted by atomic mass is 10.00. The average molecular weight is 523 g/mol. The van der Waals surface area contributed by atoms with Crippen LogP contribution in [0.4, 0.5) is 13.6 Å². The molecule has 0 radical (unpaired) electrons. The molecule has 1 aromatic heterocycles. The number of hydrogen-bond donors (Lipinski definition) is 1. The number of amides is 1. The van der Waals surface area contributed by atoms with Gasteiger partial charge in [0, 0.05) is 30.6 Å². The predicted octanol–water partition coefficient (Wildman–Crippen LogP) is 4.69. The van der Waals surface area contributed by atoms with Crippen molar-refractivity contribution in [2.75, 3.05) is 13.2 Å². The zero-order valence-corrected chi connectivity index (χ0v) is 22.2. The zero-order valence-electron chi connectivity index (χ0n) is 22.2. The number of rotatable bonds is 9. The van der Waals surface area contributed by atoms with Crippen LogP contribution in [0.5, 0.6) is 5.75 Å². The van der Waals surface area contributed by atoms with Gasteiger partial charge in [0.15, 0.2) is 5.69 Å². The molecular weight excluding hydrogens is 486 g/mol. The zero-order chi connectivity index (χ0) is 27.3. The summed E-state index contributed by atoms with van der Waals surface area (Å²) in [7, 11) is 0. The number of benzene rings is 1. The van der Waals surface area contributed by atoms with Crippen molar-refractivity contribution >= 4 is 12.1 Å². The lowest BCUT2D eigenvalue weighted by molar-refractivity contribution is -0.0498. The molecule has 0 spiro atoms. The van der Waals surface area contributed by atoms with Crippen molar-refractivity contribution in [2.24, 2.45) is 0 Å². The minimum Gasteiger partial charge on any atom is -0.461 e. The summed E-state index contributed by atoms with van der Waals surface area (Å²) in [6.07, 6.45) is 0.0545. The molecule has 1 unspecified atom stereocenters. The van der Waals surface area contributed by atoms with Gasteiger partial charge in [0.2, 0.25) is 0 Å². The lowest BCUT2D eigenvalue weighted by Gasteiger charge is -2.34. The number of hydrogen-bond acceptors (Lipinski definition) is 7. The van der Waals surface area contributed by atoms with Gasteiger partial charge in [-0.25, -0.2) is 9.59 Å². The van der Waals surface area contributed by atoms with Gasteiger partial charge in [0.25, 0.3) is 0 Å². The third-order valence-corrected chi connectivity index (χ3v) is 5.96. The molecule has 0 aliphatic carbocycles. The maximum atomic E-state index is 12.9. The Balaban J connectivity index is 1.73. The normalized spacial score (nSPS) is 16.4. The van der Waals surface area contributed by atoms with Gasteiger partial charge in [-0.2, -0.15) is 13.9 Å². The number of esters is 1. The molecule has 0 saturated carbocycles. The number of nitrogens with zero attached hydrogens (tertiary/aromatic N) is 3. The molecule has 1 aromatic carbocycles. The Labute approximate surface area is 216 Å². The second-order valence-corrected chi connectivity index (χ2v) is 10.0. The molecular formula is C26H36F2N4O5. The molecule has 0 bridgehead atoms. The van der Waals surface area contributed by atoms with Crippen LogP contribution in [0.15, 0.2) is 24.3 Å². The minimum atomic E-state index is -2.87. The largest absolute Gasteiger partial charge is 0.461 e. The first-order valence-electron chi connectivity index (χ1n) is 12.4. The fourth-order valence-corrected chi connectivity index (χ4v) is 4.19. The number of alkyl halides is 2. The van der Waals surface area contributed by atoms with Crippen LogP contribution in [0, 0.1) is 0 Å². The lowest BCUT2D eigenvalue weighted by Crippen LogP contribution is -2.45. The van der Waals surface area contributed by atoms with E-state index in [0.29, 0.717) is 30.8 Å². The molecule has 1 N–H and O–H groups in total. The molecule has 0 saturated heterocycles. The summed E-state index contributed by atoms with van der Waals surface area (Å²) in [5.41, 5.74) is 2.03. The number of halogens is 2. The molecule has 3 rings (SSSR count). The van der Waals surface area contributed by atoms with Gasteiger partial charge < -0.3 is 24.4 Å². The van der Waals surface area contributed by atoms with Crippen molar-refractivity contribution in [3.05, 3.63) is 46.8 Å². The fourth-order valence-electron chi connectivity index (χ4n) is 4.19. The van der Waals surface area contributed by atoms with E-state index in [1.165, 1.54) is 12.1 Å². The van der Waals surface area contributed by atoms with Crippen LogP contribution in [0.25, 0.3) is 0 Å². The number of fused-ring (bicyclic) bond motifs is 1. The van der Waals surface area contributed by atoms with Crippen molar-refractivity contribution in [1.29, 1.82) is 0 Å². The fraction of sp³-hybridized carbons (Fsp3) is 0.577. The Morgan fingerprint density at radius 2 is 1.89 bits per heavy atom. The second kappa shape index (κ2) is 11.9. The van der Waals surface area contributed by atoms with Crippen LogP contribution in [-0.4, -0.2) is 58.1 Å². The summed E-state index contributed by atoms with van der Waals surface area (Å²) in [4.78, 5) is 27.3. The van der Waals surface area contributed by atoms with E-state index >= 15 is 0 Å². The first kappa shape index (κ1) is 28.4. The Morgan fingerprint density at radius 1 is 1.22 bits per heavy atom. The molecule has 1 aliphatic heterocycles. The SMILES string of the molecule is CCOC(=O)c1c2c(nn1CCNC(C)c1ccc(OC(F)F)cc1)C[C@@H](C)N(C(=O)OC(C)(C)C)C2. The maximum absolute atomic E-state index is 12.9. The highest BCUT2D eigenvalue weighted by molar-refractivity contribution is 5.90. The predicted molar refractivity (Wildman–Crippen MR) is 133 cm³/mol. The molecule has 2 aromatic rings. The summed E-state index contributed by atoms with van der Waals surface area (Å²) in [6, 6.07) is 6.21. The molecule has 9 nitrogen and oxygen atoms in total. The van der Waals surface area contributed by atoms with E-state index in [1.807, 2.05) is 34.6 Å². The summed E-state index contributed by atoms with van der Waals surface area (Å²) in [5.74, 6) is -0.389. The van der Waals surface area contributed by atoms with Crippen molar-refractivity contribution in [3.8, 4) is 5.75 Å². The number of carbonyl (C=O) groups is 2. The van der Waals surface area contributed by atoms with Gasteiger partial charge in [-0.15, -0.1) is 0 Å². The highest BCUT2D eigenvalue weighted by Crippen LogP contribution is 2.28. The van der Waals surface area contributed by atoms with Gasteiger partial charge in [0.1, 0.15) is 11.4 Å². The molecule has 2 heterocycles. The molecule has 204 valence electrons. The third kappa shape index (κ3) is 7.41. The van der Waals surface area contributed by atoms with E-state index in [4.69, 9.17) is 14.6 Å². The Kier molecular flexibility index (Phi) is 9.12. The van der Waals surface area contributed by atoms with Crippen LogP contribution >= 0.6 is 0 Å².